The molecule has 0 bridgehead atoms. The number of pyridine rings is 1. The van der Waals surface area contributed by atoms with Crippen LogP contribution in [0.1, 0.15) is 48.9 Å². The Morgan fingerprint density at radius 3 is 2.83 bits per heavy atom. The Bertz CT molecular complexity index is 1120. The number of carbonyl (C=O) groups is 2. The fraction of sp³-hybridized carbons (Fsp3) is 0.759. The van der Waals surface area contributed by atoms with Crippen molar-refractivity contribution in [2.24, 2.45) is 11.3 Å². The zero-order chi connectivity index (χ0) is 29.4. The van der Waals surface area contributed by atoms with Crippen LogP contribution in [-0.4, -0.2) is 110 Å². The minimum absolute atomic E-state index is 0.0211. The summed E-state index contributed by atoms with van der Waals surface area (Å²) < 4.78 is 51.4. The Morgan fingerprint density at radius 1 is 1.29 bits per heavy atom. The van der Waals surface area contributed by atoms with Gasteiger partial charge in [-0.15, -0.1) is 0 Å². The highest BCUT2D eigenvalue weighted by molar-refractivity contribution is 5.86. The number of carbonyl (C=O) groups excluding carboxylic acids is 2. The van der Waals surface area contributed by atoms with Crippen LogP contribution in [0, 0.1) is 11.3 Å². The zero-order valence-electron chi connectivity index (χ0n) is 24.2. The van der Waals surface area contributed by atoms with Gasteiger partial charge in [0.2, 0.25) is 11.8 Å². The summed E-state index contributed by atoms with van der Waals surface area (Å²) in [5, 5.41) is 3.74. The number of hydrogen-bond donors (Lipinski definition) is 1. The van der Waals surface area contributed by atoms with Crippen LogP contribution in [-0.2, 0) is 38.2 Å². The van der Waals surface area contributed by atoms with Gasteiger partial charge in [0.25, 0.3) is 0 Å². The summed E-state index contributed by atoms with van der Waals surface area (Å²) in [6.07, 6.45) is 0.0427. The monoisotopic (exact) mass is 581 g/mol. The predicted octanol–water partition coefficient (Wildman–Crippen LogP) is 2.33. The van der Waals surface area contributed by atoms with E-state index < -0.39 is 17.2 Å². The number of rotatable bonds is 8. The first kappa shape index (κ1) is 30.2. The van der Waals surface area contributed by atoms with Crippen molar-refractivity contribution in [3.05, 3.63) is 29.1 Å². The highest BCUT2D eigenvalue weighted by Gasteiger charge is 2.59. The number of amides is 2. The number of hydrogen-bond acceptors (Lipinski definition) is 7. The molecule has 1 N–H and O–H groups in total. The molecule has 0 aromatic carbocycles. The molecular formula is C29H42F3N5O4. The summed E-state index contributed by atoms with van der Waals surface area (Å²) in [7, 11) is 5.62. The molecule has 4 aliphatic rings. The van der Waals surface area contributed by atoms with Gasteiger partial charge in [0.05, 0.1) is 23.7 Å². The highest BCUT2D eigenvalue weighted by atomic mass is 19.4. The van der Waals surface area contributed by atoms with Gasteiger partial charge in [-0.3, -0.25) is 14.6 Å². The van der Waals surface area contributed by atoms with Gasteiger partial charge in [-0.05, 0) is 63.9 Å². The summed E-state index contributed by atoms with van der Waals surface area (Å²) >= 11 is 0. The summed E-state index contributed by atoms with van der Waals surface area (Å²) in [4.78, 5) is 37.2. The van der Waals surface area contributed by atoms with Gasteiger partial charge in [-0.1, -0.05) is 0 Å². The van der Waals surface area contributed by atoms with Crippen LogP contribution in [0.4, 0.5) is 13.2 Å². The maximum atomic E-state index is 14.4. The lowest BCUT2D eigenvalue weighted by Gasteiger charge is -2.37. The Kier molecular flexibility index (Phi) is 8.94. The molecule has 0 radical (unpaired) electrons. The third-order valence-electron chi connectivity index (χ3n) is 9.36. The molecule has 1 aliphatic carbocycles. The first-order chi connectivity index (χ1) is 19.5. The number of methoxy groups -OCH3 is 1. The van der Waals surface area contributed by atoms with Gasteiger partial charge in [0, 0.05) is 76.7 Å². The standard InChI is InChI=1S/C29H42F3N5O4/c1-35(2)8-4-5-26(38)37-16-21-12-22(34-24-7-10-41-17-25(24)40-3)13-28(21,18-37)27(39)36-9-6-23-19(15-36)11-20(14-33-23)29(30,31)32/h11,14,21-22,24-25,34H,4-10,12-13,15-18H2,1-3H3/t21-,22+,24-,25+,28-/m0/s1. The number of aromatic nitrogens is 1. The number of halogens is 3. The fourth-order valence-electron chi connectivity index (χ4n) is 7.23. The third-order valence-corrected chi connectivity index (χ3v) is 9.36. The van der Waals surface area contributed by atoms with Crippen molar-refractivity contribution in [1.82, 2.24) is 25.0 Å². The number of ether oxygens (including phenoxy) is 2. The van der Waals surface area contributed by atoms with Crippen LogP contribution < -0.4 is 5.32 Å². The number of nitrogens with one attached hydrogen (secondary N) is 1. The average molecular weight is 582 g/mol. The lowest BCUT2D eigenvalue weighted by atomic mass is 9.78. The van der Waals surface area contributed by atoms with E-state index in [-0.39, 0.29) is 42.5 Å². The van der Waals surface area contributed by atoms with Gasteiger partial charge in [-0.2, -0.15) is 13.2 Å². The van der Waals surface area contributed by atoms with Crippen molar-refractivity contribution in [3.63, 3.8) is 0 Å². The number of fused-ring (bicyclic) bond motifs is 2. The molecule has 41 heavy (non-hydrogen) atoms. The number of nitrogens with zero attached hydrogens (tertiary/aromatic N) is 4. The first-order valence-electron chi connectivity index (χ1n) is 14.6. The summed E-state index contributed by atoms with van der Waals surface area (Å²) in [5.74, 6) is -0.0225. The second-order valence-corrected chi connectivity index (χ2v) is 12.4. The molecule has 9 nitrogen and oxygen atoms in total. The van der Waals surface area contributed by atoms with Crippen LogP contribution in [0.15, 0.2) is 12.3 Å². The number of alkyl halides is 3. The normalized spacial score (nSPS) is 30.0. The van der Waals surface area contributed by atoms with Crippen molar-refractivity contribution < 1.29 is 32.2 Å². The van der Waals surface area contributed by atoms with Crippen LogP contribution in [0.3, 0.4) is 0 Å². The topological polar surface area (TPSA) is 87.2 Å². The Labute approximate surface area is 239 Å². The van der Waals surface area contributed by atoms with Gasteiger partial charge >= 0.3 is 6.18 Å². The molecule has 0 unspecified atom stereocenters. The van der Waals surface area contributed by atoms with E-state index in [0.717, 1.165) is 38.1 Å². The van der Waals surface area contributed by atoms with Crippen molar-refractivity contribution in [1.29, 1.82) is 0 Å². The minimum Gasteiger partial charge on any atom is -0.379 e. The molecule has 1 aromatic rings. The molecule has 5 rings (SSSR count). The zero-order valence-corrected chi connectivity index (χ0v) is 24.2. The molecule has 4 heterocycles. The molecule has 1 saturated carbocycles. The first-order valence-corrected chi connectivity index (χ1v) is 14.6. The van der Waals surface area contributed by atoms with Gasteiger partial charge < -0.3 is 29.5 Å². The van der Waals surface area contributed by atoms with E-state index >= 15 is 0 Å². The van der Waals surface area contributed by atoms with E-state index in [1.54, 1.807) is 12.0 Å². The molecule has 3 fully saturated rings. The van der Waals surface area contributed by atoms with Gasteiger partial charge in [-0.25, -0.2) is 0 Å². The highest BCUT2D eigenvalue weighted by Crippen LogP contribution is 2.51. The molecule has 5 atom stereocenters. The molecule has 2 amide bonds. The third kappa shape index (κ3) is 6.40. The lowest BCUT2D eigenvalue weighted by molar-refractivity contribution is -0.144. The van der Waals surface area contributed by atoms with Crippen LogP contribution in [0.25, 0.3) is 0 Å². The van der Waals surface area contributed by atoms with Crippen LogP contribution in [0.5, 0.6) is 0 Å². The summed E-state index contributed by atoms with van der Waals surface area (Å²) in [6, 6.07) is 1.31. The van der Waals surface area contributed by atoms with Crippen molar-refractivity contribution in [2.75, 3.05) is 60.6 Å². The van der Waals surface area contributed by atoms with Crippen LogP contribution in [0.2, 0.25) is 0 Å². The smallest absolute Gasteiger partial charge is 0.379 e. The summed E-state index contributed by atoms with van der Waals surface area (Å²) in [5.41, 5.74) is -0.516. The molecule has 228 valence electrons. The van der Waals surface area contributed by atoms with E-state index in [2.05, 4.69) is 10.3 Å². The second kappa shape index (κ2) is 12.1. The van der Waals surface area contributed by atoms with E-state index in [1.165, 1.54) is 0 Å². The fourth-order valence-corrected chi connectivity index (χ4v) is 7.23. The van der Waals surface area contributed by atoms with Crippen LogP contribution >= 0.6 is 0 Å². The van der Waals surface area contributed by atoms with Gasteiger partial charge in [0.15, 0.2) is 0 Å². The maximum Gasteiger partial charge on any atom is 0.417 e. The Hall–Kier alpha value is -2.28. The van der Waals surface area contributed by atoms with Crippen molar-refractivity contribution >= 4 is 11.8 Å². The Balaban J connectivity index is 1.35. The van der Waals surface area contributed by atoms with E-state index in [0.29, 0.717) is 63.4 Å². The molecule has 1 aromatic heterocycles. The molecule has 3 aliphatic heterocycles. The van der Waals surface area contributed by atoms with Crippen molar-refractivity contribution in [3.8, 4) is 0 Å². The SMILES string of the molecule is CO[C@@H]1COCC[C@@H]1N[C@@H]1C[C@H]2CN(C(=O)CCCN(C)C)C[C@@]2(C(=O)N2CCc3ncc(C(F)(F)F)cc3C2)C1. The van der Waals surface area contributed by atoms with E-state index in [4.69, 9.17) is 9.47 Å². The van der Waals surface area contributed by atoms with E-state index in [1.807, 2.05) is 23.9 Å². The molecular weight excluding hydrogens is 539 g/mol. The lowest BCUT2D eigenvalue weighted by Crippen LogP contribution is -2.52. The summed E-state index contributed by atoms with van der Waals surface area (Å²) in [6.45, 7) is 3.35. The van der Waals surface area contributed by atoms with E-state index in [9.17, 15) is 22.8 Å². The van der Waals surface area contributed by atoms with Crippen molar-refractivity contribution in [2.45, 2.75) is 69.4 Å². The largest absolute Gasteiger partial charge is 0.417 e. The predicted molar refractivity (Wildman–Crippen MR) is 145 cm³/mol. The van der Waals surface area contributed by atoms with Gasteiger partial charge in [0.1, 0.15) is 0 Å². The average Bonchev–Trinajstić information content (AvgIpc) is 3.46. The molecule has 2 saturated heterocycles. The molecule has 0 spiro atoms. The second-order valence-electron chi connectivity index (χ2n) is 12.4. The number of likely N-dealkylation sites (tertiary alicyclic amines) is 1. The maximum absolute atomic E-state index is 14.4. The molecule has 12 heteroatoms. The minimum atomic E-state index is -4.49. The quantitative estimate of drug-likeness (QED) is 0.505. The Morgan fingerprint density at radius 2 is 2.10 bits per heavy atom.